The number of carbonyl (C=O) groups excluding carboxylic acids is 1. The molecule has 148 valence electrons. The number of halogens is 2. The Morgan fingerprint density at radius 3 is 2.59 bits per heavy atom. The zero-order valence-electron chi connectivity index (χ0n) is 15.8. The molecule has 0 saturated heterocycles. The fourth-order valence-electron chi connectivity index (χ4n) is 2.55. The lowest BCUT2D eigenvalue weighted by Gasteiger charge is -2.12. The zero-order chi connectivity index (χ0) is 20.6. The number of hydrogen-bond acceptors (Lipinski definition) is 3. The van der Waals surface area contributed by atoms with Crippen molar-refractivity contribution in [3.8, 4) is 0 Å². The normalized spacial score (nSPS) is 11.2. The van der Waals surface area contributed by atoms with E-state index >= 15 is 0 Å². The number of rotatable bonds is 5. The number of guanidine groups is 1. The molecule has 3 rings (SSSR count). The first-order chi connectivity index (χ1) is 14.0. The van der Waals surface area contributed by atoms with Gasteiger partial charge in [0.2, 0.25) is 5.96 Å². The average molecular weight is 411 g/mol. The van der Waals surface area contributed by atoms with Gasteiger partial charge < -0.3 is 5.32 Å². The van der Waals surface area contributed by atoms with Crippen LogP contribution in [0.4, 0.5) is 10.1 Å². The van der Waals surface area contributed by atoms with Crippen molar-refractivity contribution in [1.29, 1.82) is 0 Å². The lowest BCUT2D eigenvalue weighted by atomic mass is 10.1. The number of hydrogen-bond donors (Lipinski definition) is 2. The summed E-state index contributed by atoms with van der Waals surface area (Å²) in [6.07, 6.45) is 4.27. The maximum Gasteiger partial charge on any atom is 0.257 e. The van der Waals surface area contributed by atoms with Crippen molar-refractivity contribution in [2.45, 2.75) is 19.9 Å². The van der Waals surface area contributed by atoms with Gasteiger partial charge in [-0.2, -0.15) is 0 Å². The molecule has 0 aliphatic heterocycles. The number of aromatic nitrogens is 1. The van der Waals surface area contributed by atoms with Gasteiger partial charge in [0.25, 0.3) is 5.91 Å². The van der Waals surface area contributed by atoms with Gasteiger partial charge in [-0.3, -0.25) is 15.1 Å². The summed E-state index contributed by atoms with van der Waals surface area (Å²) in [6, 6.07) is 15.2. The topological polar surface area (TPSA) is 66.4 Å². The van der Waals surface area contributed by atoms with Crippen LogP contribution in [0.3, 0.4) is 0 Å². The van der Waals surface area contributed by atoms with Crippen LogP contribution in [0.2, 0.25) is 5.02 Å². The van der Waals surface area contributed by atoms with Crippen LogP contribution in [0.5, 0.6) is 0 Å². The van der Waals surface area contributed by atoms with E-state index in [1.54, 1.807) is 24.5 Å². The van der Waals surface area contributed by atoms with Crippen LogP contribution in [0, 0.1) is 5.82 Å². The molecule has 0 radical (unpaired) electrons. The van der Waals surface area contributed by atoms with E-state index < -0.39 is 5.82 Å². The van der Waals surface area contributed by atoms with Gasteiger partial charge in [0.1, 0.15) is 5.82 Å². The van der Waals surface area contributed by atoms with Gasteiger partial charge in [0.15, 0.2) is 0 Å². The molecule has 1 heterocycles. The number of nitrogens with zero attached hydrogens (tertiary/aromatic N) is 2. The first-order valence-electron chi connectivity index (χ1n) is 9.11. The Bertz CT molecular complexity index is 1010. The summed E-state index contributed by atoms with van der Waals surface area (Å²) in [7, 11) is 0. The molecule has 0 bridgehead atoms. The number of aryl methyl sites for hydroxylation is 1. The smallest absolute Gasteiger partial charge is 0.257 e. The van der Waals surface area contributed by atoms with E-state index in [4.69, 9.17) is 11.6 Å². The monoisotopic (exact) mass is 410 g/mol. The Morgan fingerprint density at radius 2 is 1.93 bits per heavy atom. The quantitative estimate of drug-likeness (QED) is 0.467. The highest BCUT2D eigenvalue weighted by Crippen LogP contribution is 2.19. The summed E-state index contributed by atoms with van der Waals surface area (Å²) in [4.78, 5) is 21.1. The van der Waals surface area contributed by atoms with Crippen molar-refractivity contribution >= 4 is 29.2 Å². The van der Waals surface area contributed by atoms with Crippen LogP contribution in [0.25, 0.3) is 0 Å². The van der Waals surface area contributed by atoms with E-state index in [1.807, 2.05) is 24.3 Å². The molecule has 0 aliphatic rings. The van der Waals surface area contributed by atoms with Gasteiger partial charge >= 0.3 is 0 Å². The molecule has 0 spiro atoms. The van der Waals surface area contributed by atoms with Gasteiger partial charge in [0, 0.05) is 23.6 Å². The minimum absolute atomic E-state index is 0.0249. The summed E-state index contributed by atoms with van der Waals surface area (Å²) < 4.78 is 13.4. The Balaban J connectivity index is 1.80. The second-order valence-electron chi connectivity index (χ2n) is 6.28. The highest BCUT2D eigenvalue weighted by molar-refractivity contribution is 6.31. The minimum atomic E-state index is -0.522. The number of benzene rings is 2. The van der Waals surface area contributed by atoms with Gasteiger partial charge in [0.05, 0.1) is 11.6 Å². The SMILES string of the molecule is CCc1ccc(C(=O)NC(=NCc2cccnc2)Nc2ccc(F)c(Cl)c2)cc1. The molecule has 3 aromatic rings. The van der Waals surface area contributed by atoms with Crippen LogP contribution in [-0.4, -0.2) is 16.9 Å². The van der Waals surface area contributed by atoms with Gasteiger partial charge in [-0.1, -0.05) is 36.7 Å². The van der Waals surface area contributed by atoms with Crippen molar-refractivity contribution in [3.63, 3.8) is 0 Å². The Labute approximate surface area is 173 Å². The summed E-state index contributed by atoms with van der Waals surface area (Å²) in [5.41, 5.74) is 3.04. The van der Waals surface area contributed by atoms with Crippen LogP contribution < -0.4 is 10.6 Å². The molecule has 0 saturated carbocycles. The van der Waals surface area contributed by atoms with E-state index in [1.165, 1.54) is 18.2 Å². The van der Waals surface area contributed by atoms with E-state index in [0.717, 1.165) is 17.5 Å². The summed E-state index contributed by atoms with van der Waals surface area (Å²) in [6.45, 7) is 2.36. The highest BCUT2D eigenvalue weighted by Gasteiger charge is 2.10. The molecule has 7 heteroatoms. The second kappa shape index (κ2) is 9.80. The van der Waals surface area contributed by atoms with Gasteiger partial charge in [-0.25, -0.2) is 9.38 Å². The largest absolute Gasteiger partial charge is 0.326 e. The number of amides is 1. The Hall–Kier alpha value is -3.25. The minimum Gasteiger partial charge on any atom is -0.326 e. The molecule has 1 aromatic heterocycles. The molecule has 0 fully saturated rings. The molecule has 0 unspecified atom stereocenters. The molecule has 29 heavy (non-hydrogen) atoms. The Kier molecular flexibility index (Phi) is 6.92. The number of aliphatic imine (C=N–C) groups is 1. The van der Waals surface area contributed by atoms with Crippen molar-refractivity contribution in [3.05, 3.63) is 94.5 Å². The second-order valence-corrected chi connectivity index (χ2v) is 6.69. The first kappa shape index (κ1) is 20.5. The summed E-state index contributed by atoms with van der Waals surface area (Å²) in [5.74, 6) is -0.606. The van der Waals surface area contributed by atoms with Crippen LogP contribution >= 0.6 is 11.6 Å². The zero-order valence-corrected chi connectivity index (χ0v) is 16.6. The Morgan fingerprint density at radius 1 is 1.14 bits per heavy atom. The molecule has 0 aliphatic carbocycles. The third-order valence-electron chi connectivity index (χ3n) is 4.18. The van der Waals surface area contributed by atoms with Crippen LogP contribution in [0.15, 0.2) is 72.0 Å². The molecule has 2 aromatic carbocycles. The number of carbonyl (C=O) groups is 1. The van der Waals surface area contributed by atoms with Gasteiger partial charge in [-0.05, 0) is 53.9 Å². The average Bonchev–Trinajstić information content (AvgIpc) is 2.75. The fraction of sp³-hybridized carbons (Fsp3) is 0.136. The lowest BCUT2D eigenvalue weighted by Crippen LogP contribution is -2.36. The standard InChI is InChI=1S/C22H20ClFN4O/c1-2-15-5-7-17(8-6-15)21(29)28-22(26-14-16-4-3-11-25-13-16)27-18-9-10-20(24)19(23)12-18/h3-13H,2,14H2,1H3,(H2,26,27,28,29). The number of anilines is 1. The van der Waals surface area contributed by atoms with E-state index in [9.17, 15) is 9.18 Å². The predicted molar refractivity (Wildman–Crippen MR) is 114 cm³/mol. The van der Waals surface area contributed by atoms with Crippen molar-refractivity contribution in [2.75, 3.05) is 5.32 Å². The maximum absolute atomic E-state index is 13.4. The van der Waals surface area contributed by atoms with Crippen molar-refractivity contribution in [2.24, 2.45) is 4.99 Å². The van der Waals surface area contributed by atoms with Crippen LogP contribution in [-0.2, 0) is 13.0 Å². The van der Waals surface area contributed by atoms with Gasteiger partial charge in [-0.15, -0.1) is 0 Å². The molecular formula is C22H20ClFN4O. The third kappa shape index (κ3) is 5.86. The molecule has 5 nitrogen and oxygen atoms in total. The van der Waals surface area contributed by atoms with E-state index in [2.05, 4.69) is 27.5 Å². The van der Waals surface area contributed by atoms with Crippen LogP contribution in [0.1, 0.15) is 28.4 Å². The molecule has 1 amide bonds. The highest BCUT2D eigenvalue weighted by atomic mass is 35.5. The fourth-order valence-corrected chi connectivity index (χ4v) is 2.73. The maximum atomic E-state index is 13.4. The van der Waals surface area contributed by atoms with E-state index in [-0.39, 0.29) is 16.9 Å². The predicted octanol–water partition coefficient (Wildman–Crippen LogP) is 4.83. The number of pyridine rings is 1. The summed E-state index contributed by atoms with van der Waals surface area (Å²) in [5, 5.41) is 5.73. The molecule has 2 N–H and O–H groups in total. The molecular weight excluding hydrogens is 391 g/mol. The van der Waals surface area contributed by atoms with Crippen molar-refractivity contribution < 1.29 is 9.18 Å². The first-order valence-corrected chi connectivity index (χ1v) is 9.48. The summed E-state index contributed by atoms with van der Waals surface area (Å²) >= 11 is 5.85. The third-order valence-corrected chi connectivity index (χ3v) is 4.47. The van der Waals surface area contributed by atoms with Crippen molar-refractivity contribution in [1.82, 2.24) is 10.3 Å². The van der Waals surface area contributed by atoms with E-state index in [0.29, 0.717) is 17.8 Å². The lowest BCUT2D eigenvalue weighted by molar-refractivity contribution is 0.0977. The molecule has 0 atom stereocenters. The number of nitrogens with one attached hydrogen (secondary N) is 2.